The monoisotopic (exact) mass is 261 g/mol. The van der Waals surface area contributed by atoms with E-state index in [4.69, 9.17) is 0 Å². The van der Waals surface area contributed by atoms with Gasteiger partial charge in [0.05, 0.1) is 0 Å². The highest BCUT2D eigenvalue weighted by atomic mass is 15.5. The SMILES string of the molecule is CCCCNC1(c2nn[nH]n2)CCc2ccccc21.[HH].[HH]. The van der Waals surface area contributed by atoms with E-state index in [0.29, 0.717) is 0 Å². The lowest BCUT2D eigenvalue weighted by Crippen LogP contribution is -2.43. The van der Waals surface area contributed by atoms with Gasteiger partial charge in [-0.1, -0.05) is 42.8 Å². The Hall–Kier alpha value is -1.75. The molecule has 0 aliphatic heterocycles. The fourth-order valence-corrected chi connectivity index (χ4v) is 2.93. The van der Waals surface area contributed by atoms with E-state index in [1.165, 1.54) is 17.5 Å². The number of aryl methyl sites for hydroxylation is 1. The highest BCUT2D eigenvalue weighted by Crippen LogP contribution is 2.40. The molecule has 1 aliphatic rings. The molecule has 1 atom stereocenters. The Kier molecular flexibility index (Phi) is 3.29. The van der Waals surface area contributed by atoms with Crippen LogP contribution in [0.4, 0.5) is 0 Å². The third-order valence-electron chi connectivity index (χ3n) is 3.93. The number of aromatic amines is 1. The molecule has 1 heterocycles. The van der Waals surface area contributed by atoms with Crippen LogP contribution in [0, 0.1) is 0 Å². The minimum absolute atomic E-state index is 0. The van der Waals surface area contributed by atoms with E-state index >= 15 is 0 Å². The molecule has 5 heteroatoms. The molecule has 19 heavy (non-hydrogen) atoms. The Morgan fingerprint density at radius 2 is 2.32 bits per heavy atom. The van der Waals surface area contributed by atoms with Crippen LogP contribution in [0.5, 0.6) is 0 Å². The van der Waals surface area contributed by atoms with E-state index in [1.54, 1.807) is 0 Å². The van der Waals surface area contributed by atoms with Crippen LogP contribution in [0.3, 0.4) is 0 Å². The van der Waals surface area contributed by atoms with Crippen molar-refractivity contribution >= 4 is 0 Å². The standard InChI is InChI=1S/C14H19N5.2H2/c1-2-3-10-15-14(13-16-18-19-17-13)9-8-11-6-4-5-7-12(11)14;;/h4-7,15H,2-3,8-10H2,1H3,(H,16,17,18,19);2*1H. The van der Waals surface area contributed by atoms with Crippen molar-refractivity contribution in [3.05, 3.63) is 41.2 Å². The first kappa shape index (κ1) is 12.3. The lowest BCUT2D eigenvalue weighted by molar-refractivity contribution is 0.374. The molecule has 0 fully saturated rings. The van der Waals surface area contributed by atoms with Gasteiger partial charge in [-0.3, -0.25) is 0 Å². The maximum atomic E-state index is 4.24. The average molecular weight is 261 g/mol. The second-order valence-corrected chi connectivity index (χ2v) is 5.08. The van der Waals surface area contributed by atoms with E-state index in [1.807, 2.05) is 0 Å². The first-order chi connectivity index (χ1) is 9.37. The van der Waals surface area contributed by atoms with Crippen LogP contribution < -0.4 is 5.32 Å². The minimum Gasteiger partial charge on any atom is -0.301 e. The first-order valence-electron chi connectivity index (χ1n) is 6.94. The van der Waals surface area contributed by atoms with Crippen LogP contribution in [-0.2, 0) is 12.0 Å². The van der Waals surface area contributed by atoms with Crippen LogP contribution in [0.1, 0.15) is 46.0 Å². The van der Waals surface area contributed by atoms with Gasteiger partial charge in [0.2, 0.25) is 0 Å². The van der Waals surface area contributed by atoms with Crippen molar-refractivity contribution in [2.45, 2.75) is 38.1 Å². The molecule has 1 aromatic carbocycles. The quantitative estimate of drug-likeness (QED) is 0.810. The fraction of sp³-hybridized carbons (Fsp3) is 0.500. The molecule has 1 aromatic heterocycles. The van der Waals surface area contributed by atoms with Gasteiger partial charge in [0, 0.05) is 2.85 Å². The van der Waals surface area contributed by atoms with Gasteiger partial charge in [0.25, 0.3) is 0 Å². The van der Waals surface area contributed by atoms with Crippen LogP contribution in [0.15, 0.2) is 24.3 Å². The summed E-state index contributed by atoms with van der Waals surface area (Å²) in [6, 6.07) is 8.55. The van der Waals surface area contributed by atoms with E-state index in [-0.39, 0.29) is 8.39 Å². The Balaban J connectivity index is 0.00000110. The molecular weight excluding hydrogens is 238 g/mol. The molecular formula is C14H23N5. The van der Waals surface area contributed by atoms with Crippen LogP contribution >= 0.6 is 0 Å². The number of aromatic nitrogens is 4. The number of fused-ring (bicyclic) bond motifs is 1. The summed E-state index contributed by atoms with van der Waals surface area (Å²) in [6.45, 7) is 3.17. The number of tetrazole rings is 1. The van der Waals surface area contributed by atoms with Gasteiger partial charge in [-0.05, 0) is 36.9 Å². The van der Waals surface area contributed by atoms with Gasteiger partial charge in [0.1, 0.15) is 5.54 Å². The lowest BCUT2D eigenvalue weighted by Gasteiger charge is -2.28. The number of nitrogens with one attached hydrogen (secondary N) is 2. The summed E-state index contributed by atoms with van der Waals surface area (Å²) >= 11 is 0. The zero-order chi connectivity index (χ0) is 13.1. The highest BCUT2D eigenvalue weighted by molar-refractivity contribution is 5.43. The van der Waals surface area contributed by atoms with Gasteiger partial charge in [-0.2, -0.15) is 5.21 Å². The maximum Gasteiger partial charge on any atom is 0.199 e. The van der Waals surface area contributed by atoms with Crippen molar-refractivity contribution in [1.29, 1.82) is 0 Å². The van der Waals surface area contributed by atoms with Crippen LogP contribution in [-0.4, -0.2) is 27.2 Å². The predicted octanol–water partition coefficient (Wildman–Crippen LogP) is 2.27. The fourth-order valence-electron chi connectivity index (χ4n) is 2.93. The summed E-state index contributed by atoms with van der Waals surface area (Å²) < 4.78 is 0. The number of benzene rings is 1. The van der Waals surface area contributed by atoms with E-state index in [2.05, 4.69) is 57.1 Å². The highest BCUT2D eigenvalue weighted by Gasteiger charge is 2.43. The normalized spacial score (nSPS) is 21.5. The second kappa shape index (κ2) is 5.09. The Morgan fingerprint density at radius 1 is 1.42 bits per heavy atom. The number of hydrogen-bond donors (Lipinski definition) is 2. The van der Waals surface area contributed by atoms with Crippen LogP contribution in [0.25, 0.3) is 0 Å². The lowest BCUT2D eigenvalue weighted by atomic mass is 9.90. The first-order valence-corrected chi connectivity index (χ1v) is 6.94. The van der Waals surface area contributed by atoms with Crippen molar-refractivity contribution in [3.63, 3.8) is 0 Å². The van der Waals surface area contributed by atoms with Crippen LogP contribution in [0.2, 0.25) is 0 Å². The summed E-state index contributed by atoms with van der Waals surface area (Å²) in [5, 5.41) is 18.5. The third kappa shape index (κ3) is 2.04. The van der Waals surface area contributed by atoms with E-state index in [0.717, 1.165) is 31.6 Å². The van der Waals surface area contributed by atoms with Crippen molar-refractivity contribution in [3.8, 4) is 0 Å². The van der Waals surface area contributed by atoms with Crippen molar-refractivity contribution in [2.24, 2.45) is 0 Å². The summed E-state index contributed by atoms with van der Waals surface area (Å²) in [5.74, 6) is 0.758. The van der Waals surface area contributed by atoms with Crippen molar-refractivity contribution in [2.75, 3.05) is 6.54 Å². The van der Waals surface area contributed by atoms with Crippen molar-refractivity contribution < 1.29 is 2.85 Å². The maximum absolute atomic E-state index is 4.24. The molecule has 104 valence electrons. The number of unbranched alkanes of at least 4 members (excludes halogenated alkanes) is 1. The second-order valence-electron chi connectivity index (χ2n) is 5.08. The summed E-state index contributed by atoms with van der Waals surface area (Å²) in [6.07, 6.45) is 4.39. The molecule has 0 saturated heterocycles. The molecule has 2 N–H and O–H groups in total. The molecule has 1 aliphatic carbocycles. The summed E-state index contributed by atoms with van der Waals surface area (Å²) in [5.41, 5.74) is 2.42. The zero-order valence-electron chi connectivity index (χ0n) is 11.2. The molecule has 0 amide bonds. The summed E-state index contributed by atoms with van der Waals surface area (Å²) in [7, 11) is 0. The number of rotatable bonds is 5. The number of H-pyrrole nitrogens is 1. The molecule has 0 radical (unpaired) electrons. The molecule has 3 rings (SSSR count). The molecule has 0 saturated carbocycles. The molecule has 5 nitrogen and oxygen atoms in total. The van der Waals surface area contributed by atoms with Gasteiger partial charge >= 0.3 is 0 Å². The molecule has 0 spiro atoms. The van der Waals surface area contributed by atoms with E-state index in [9.17, 15) is 0 Å². The Morgan fingerprint density at radius 3 is 3.11 bits per heavy atom. The topological polar surface area (TPSA) is 66.5 Å². The number of hydrogen-bond acceptors (Lipinski definition) is 4. The Bertz CT molecular complexity index is 546. The zero-order valence-corrected chi connectivity index (χ0v) is 11.2. The summed E-state index contributed by atoms with van der Waals surface area (Å²) in [4.78, 5) is 0. The Labute approximate surface area is 115 Å². The molecule has 1 unspecified atom stereocenters. The third-order valence-corrected chi connectivity index (χ3v) is 3.93. The minimum atomic E-state index is -0.265. The predicted molar refractivity (Wildman–Crippen MR) is 76.9 cm³/mol. The van der Waals surface area contributed by atoms with Gasteiger partial charge < -0.3 is 5.32 Å². The van der Waals surface area contributed by atoms with Gasteiger partial charge in [-0.15, -0.1) is 10.2 Å². The van der Waals surface area contributed by atoms with Crippen molar-refractivity contribution in [1.82, 2.24) is 25.9 Å². The molecule has 2 aromatic rings. The van der Waals surface area contributed by atoms with Gasteiger partial charge in [0.15, 0.2) is 5.82 Å². The van der Waals surface area contributed by atoms with E-state index < -0.39 is 0 Å². The smallest absolute Gasteiger partial charge is 0.199 e. The number of nitrogens with zero attached hydrogens (tertiary/aromatic N) is 3. The average Bonchev–Trinajstić information content (AvgIpc) is 3.08. The molecule has 0 bridgehead atoms. The largest absolute Gasteiger partial charge is 0.301 e. The van der Waals surface area contributed by atoms with Gasteiger partial charge in [-0.25, -0.2) is 0 Å².